The van der Waals surface area contributed by atoms with E-state index in [1.807, 2.05) is 0 Å². The van der Waals surface area contributed by atoms with Gasteiger partial charge in [-0.25, -0.2) is 4.39 Å². The third-order valence-corrected chi connectivity index (χ3v) is 1.94. The molecule has 1 aromatic carbocycles. The SMILES string of the molecule is COC(=O)[C@H](N)c1cc(C)ccc1F. The highest BCUT2D eigenvalue weighted by Gasteiger charge is 2.19. The second kappa shape index (κ2) is 4.19. The summed E-state index contributed by atoms with van der Waals surface area (Å²) in [6, 6.07) is 3.38. The maximum absolute atomic E-state index is 13.2. The molecule has 0 saturated carbocycles. The molecule has 1 aromatic rings. The summed E-state index contributed by atoms with van der Waals surface area (Å²) in [6.07, 6.45) is 0. The number of esters is 1. The number of rotatable bonds is 2. The van der Waals surface area contributed by atoms with E-state index in [4.69, 9.17) is 5.73 Å². The molecule has 14 heavy (non-hydrogen) atoms. The van der Waals surface area contributed by atoms with Crippen molar-refractivity contribution in [3.63, 3.8) is 0 Å². The first kappa shape index (κ1) is 10.7. The van der Waals surface area contributed by atoms with Crippen molar-refractivity contribution in [1.82, 2.24) is 0 Å². The molecular weight excluding hydrogens is 185 g/mol. The quantitative estimate of drug-likeness (QED) is 0.727. The van der Waals surface area contributed by atoms with Crippen LogP contribution in [0.1, 0.15) is 17.2 Å². The Balaban J connectivity index is 3.05. The maximum atomic E-state index is 13.2. The van der Waals surface area contributed by atoms with Gasteiger partial charge in [0.1, 0.15) is 11.9 Å². The summed E-state index contributed by atoms with van der Waals surface area (Å²) in [5.74, 6) is -1.14. The van der Waals surface area contributed by atoms with Crippen LogP contribution in [0.15, 0.2) is 18.2 Å². The number of ether oxygens (including phenoxy) is 1. The molecular formula is C10H12FNO2. The van der Waals surface area contributed by atoms with E-state index in [1.165, 1.54) is 19.2 Å². The van der Waals surface area contributed by atoms with Crippen LogP contribution in [-0.2, 0) is 9.53 Å². The van der Waals surface area contributed by atoms with Crippen molar-refractivity contribution >= 4 is 5.97 Å². The number of hydrogen-bond acceptors (Lipinski definition) is 3. The van der Waals surface area contributed by atoms with Crippen LogP contribution in [0.2, 0.25) is 0 Å². The van der Waals surface area contributed by atoms with Gasteiger partial charge in [-0.2, -0.15) is 0 Å². The summed E-state index contributed by atoms with van der Waals surface area (Å²) < 4.78 is 17.7. The van der Waals surface area contributed by atoms with Gasteiger partial charge in [0.05, 0.1) is 7.11 Å². The molecule has 1 rings (SSSR count). The predicted octanol–water partition coefficient (Wildman–Crippen LogP) is 1.31. The van der Waals surface area contributed by atoms with E-state index < -0.39 is 17.8 Å². The van der Waals surface area contributed by atoms with Crippen molar-refractivity contribution in [2.75, 3.05) is 7.11 Å². The lowest BCUT2D eigenvalue weighted by atomic mass is 10.0. The molecule has 76 valence electrons. The topological polar surface area (TPSA) is 52.3 Å². The Kier molecular flexibility index (Phi) is 3.19. The van der Waals surface area contributed by atoms with Crippen LogP contribution in [0.4, 0.5) is 4.39 Å². The van der Waals surface area contributed by atoms with Crippen LogP contribution in [0.3, 0.4) is 0 Å². The Morgan fingerprint density at radius 3 is 2.79 bits per heavy atom. The number of carbonyl (C=O) groups is 1. The first-order chi connectivity index (χ1) is 6.56. The fourth-order valence-corrected chi connectivity index (χ4v) is 1.16. The molecule has 0 heterocycles. The first-order valence-corrected chi connectivity index (χ1v) is 4.15. The number of nitrogens with two attached hydrogens (primary N) is 1. The van der Waals surface area contributed by atoms with Crippen LogP contribution >= 0.6 is 0 Å². The number of carbonyl (C=O) groups excluding carboxylic acids is 1. The Labute approximate surface area is 81.7 Å². The zero-order chi connectivity index (χ0) is 10.7. The number of halogens is 1. The Morgan fingerprint density at radius 2 is 2.21 bits per heavy atom. The van der Waals surface area contributed by atoms with Gasteiger partial charge >= 0.3 is 5.97 Å². The zero-order valence-electron chi connectivity index (χ0n) is 8.08. The van der Waals surface area contributed by atoms with E-state index in [2.05, 4.69) is 4.74 Å². The van der Waals surface area contributed by atoms with E-state index >= 15 is 0 Å². The van der Waals surface area contributed by atoms with Gasteiger partial charge < -0.3 is 10.5 Å². The van der Waals surface area contributed by atoms with E-state index in [0.717, 1.165) is 5.56 Å². The highest BCUT2D eigenvalue weighted by atomic mass is 19.1. The summed E-state index contributed by atoms with van der Waals surface area (Å²) >= 11 is 0. The number of hydrogen-bond donors (Lipinski definition) is 1. The number of methoxy groups -OCH3 is 1. The Hall–Kier alpha value is -1.42. The van der Waals surface area contributed by atoms with Crippen molar-refractivity contribution in [2.24, 2.45) is 5.73 Å². The molecule has 4 heteroatoms. The van der Waals surface area contributed by atoms with Crippen LogP contribution in [-0.4, -0.2) is 13.1 Å². The van der Waals surface area contributed by atoms with E-state index in [-0.39, 0.29) is 5.56 Å². The molecule has 0 bridgehead atoms. The molecule has 0 unspecified atom stereocenters. The van der Waals surface area contributed by atoms with Gasteiger partial charge in [-0.15, -0.1) is 0 Å². The van der Waals surface area contributed by atoms with Gasteiger partial charge in [0.25, 0.3) is 0 Å². The van der Waals surface area contributed by atoms with Crippen molar-refractivity contribution in [3.05, 3.63) is 35.1 Å². The van der Waals surface area contributed by atoms with Crippen molar-refractivity contribution in [1.29, 1.82) is 0 Å². The summed E-state index contributed by atoms with van der Waals surface area (Å²) in [5.41, 5.74) is 6.52. The molecule has 0 aliphatic rings. The average Bonchev–Trinajstić information content (AvgIpc) is 2.19. The normalized spacial score (nSPS) is 12.3. The zero-order valence-corrected chi connectivity index (χ0v) is 8.08. The van der Waals surface area contributed by atoms with Crippen molar-refractivity contribution in [3.8, 4) is 0 Å². The minimum absolute atomic E-state index is 0.164. The van der Waals surface area contributed by atoms with Gasteiger partial charge in [0, 0.05) is 5.56 Å². The predicted molar refractivity (Wildman–Crippen MR) is 50.1 cm³/mol. The molecule has 0 radical (unpaired) electrons. The lowest BCUT2D eigenvalue weighted by molar-refractivity contribution is -0.142. The highest BCUT2D eigenvalue weighted by Crippen LogP contribution is 2.17. The molecule has 0 aliphatic heterocycles. The minimum atomic E-state index is -1.06. The molecule has 3 nitrogen and oxygen atoms in total. The lowest BCUT2D eigenvalue weighted by Gasteiger charge is -2.10. The average molecular weight is 197 g/mol. The standard InChI is InChI=1S/C10H12FNO2/c1-6-3-4-8(11)7(5-6)9(12)10(13)14-2/h3-5,9H,12H2,1-2H3/t9-/m1/s1. The molecule has 0 spiro atoms. The van der Waals surface area contributed by atoms with Crippen LogP contribution in [0.25, 0.3) is 0 Å². The summed E-state index contributed by atoms with van der Waals surface area (Å²) in [7, 11) is 1.22. The van der Waals surface area contributed by atoms with Gasteiger partial charge in [-0.05, 0) is 13.0 Å². The largest absolute Gasteiger partial charge is 0.468 e. The summed E-state index contributed by atoms with van der Waals surface area (Å²) in [6.45, 7) is 1.80. The van der Waals surface area contributed by atoms with Gasteiger partial charge in [0.15, 0.2) is 0 Å². The molecule has 0 fully saturated rings. The second-order valence-corrected chi connectivity index (χ2v) is 3.03. The summed E-state index contributed by atoms with van der Waals surface area (Å²) in [5, 5.41) is 0. The third kappa shape index (κ3) is 2.09. The van der Waals surface area contributed by atoms with Crippen molar-refractivity contribution < 1.29 is 13.9 Å². The molecule has 0 aromatic heterocycles. The van der Waals surface area contributed by atoms with Crippen molar-refractivity contribution in [2.45, 2.75) is 13.0 Å². The van der Waals surface area contributed by atoms with Crippen LogP contribution < -0.4 is 5.73 Å². The smallest absolute Gasteiger partial charge is 0.327 e. The lowest BCUT2D eigenvalue weighted by Crippen LogP contribution is -2.23. The van der Waals surface area contributed by atoms with Gasteiger partial charge in [0.2, 0.25) is 0 Å². The molecule has 0 saturated heterocycles. The van der Waals surface area contributed by atoms with E-state index in [1.54, 1.807) is 13.0 Å². The Bertz CT molecular complexity index is 352. The number of benzene rings is 1. The van der Waals surface area contributed by atoms with Gasteiger partial charge in [-0.3, -0.25) is 4.79 Å². The van der Waals surface area contributed by atoms with Crippen LogP contribution in [0.5, 0.6) is 0 Å². The van der Waals surface area contributed by atoms with Gasteiger partial charge in [-0.1, -0.05) is 17.7 Å². The maximum Gasteiger partial charge on any atom is 0.327 e. The molecule has 2 N–H and O–H groups in total. The molecule has 0 amide bonds. The van der Waals surface area contributed by atoms with E-state index in [9.17, 15) is 9.18 Å². The number of aryl methyl sites for hydroxylation is 1. The first-order valence-electron chi connectivity index (χ1n) is 4.15. The third-order valence-electron chi connectivity index (χ3n) is 1.94. The summed E-state index contributed by atoms with van der Waals surface area (Å²) in [4.78, 5) is 11.1. The monoisotopic (exact) mass is 197 g/mol. The van der Waals surface area contributed by atoms with E-state index in [0.29, 0.717) is 0 Å². The molecule has 0 aliphatic carbocycles. The highest BCUT2D eigenvalue weighted by molar-refractivity contribution is 5.77. The fourth-order valence-electron chi connectivity index (χ4n) is 1.16. The Morgan fingerprint density at radius 1 is 1.57 bits per heavy atom. The second-order valence-electron chi connectivity index (χ2n) is 3.03. The van der Waals surface area contributed by atoms with Crippen LogP contribution in [0, 0.1) is 12.7 Å². The molecule has 1 atom stereocenters. The minimum Gasteiger partial charge on any atom is -0.468 e. The fraction of sp³-hybridized carbons (Fsp3) is 0.300.